The maximum atomic E-state index is 10.8. The maximum Gasteiger partial charge on any atom is 0.126 e. The number of likely N-dealkylation sites (N-methyl/N-ethyl adjacent to an activating group) is 1. The van der Waals surface area contributed by atoms with Crippen LogP contribution in [0.3, 0.4) is 0 Å². The number of aliphatic hydroxyl groups is 1. The molecular formula is C19H32N2O2. The van der Waals surface area contributed by atoms with Crippen molar-refractivity contribution in [2.45, 2.75) is 50.9 Å². The van der Waals surface area contributed by atoms with Crippen molar-refractivity contribution in [3.05, 3.63) is 29.8 Å². The lowest BCUT2D eigenvalue weighted by Crippen LogP contribution is -2.52. The largest absolute Gasteiger partial charge is 0.487 e. The molecule has 130 valence electrons. The van der Waals surface area contributed by atoms with Crippen LogP contribution in [-0.4, -0.2) is 67.4 Å². The summed E-state index contributed by atoms with van der Waals surface area (Å²) in [4.78, 5) is 4.51. The van der Waals surface area contributed by atoms with E-state index in [0.717, 1.165) is 50.1 Å². The predicted octanol–water partition coefficient (Wildman–Crippen LogP) is 2.54. The Labute approximate surface area is 141 Å². The van der Waals surface area contributed by atoms with Gasteiger partial charge >= 0.3 is 0 Å². The van der Waals surface area contributed by atoms with Gasteiger partial charge < -0.3 is 19.6 Å². The molecule has 0 aromatic heterocycles. The van der Waals surface area contributed by atoms with Crippen molar-refractivity contribution in [3.8, 4) is 5.75 Å². The van der Waals surface area contributed by atoms with Gasteiger partial charge in [-0.1, -0.05) is 18.2 Å². The molecule has 23 heavy (non-hydrogen) atoms. The van der Waals surface area contributed by atoms with E-state index in [9.17, 15) is 5.11 Å². The lowest BCUT2D eigenvalue weighted by atomic mass is 9.89. The first-order valence-electron chi connectivity index (χ1n) is 8.74. The molecule has 1 N–H and O–H groups in total. The lowest BCUT2D eigenvalue weighted by Gasteiger charge is -2.40. The van der Waals surface area contributed by atoms with Gasteiger partial charge in [-0.25, -0.2) is 0 Å². The molecule has 0 radical (unpaired) electrons. The fourth-order valence-electron chi connectivity index (χ4n) is 3.38. The first kappa shape index (κ1) is 18.2. The van der Waals surface area contributed by atoms with Crippen LogP contribution in [0.5, 0.6) is 5.75 Å². The van der Waals surface area contributed by atoms with Gasteiger partial charge in [-0.3, -0.25) is 0 Å². The molecule has 1 aliphatic carbocycles. The average molecular weight is 320 g/mol. The van der Waals surface area contributed by atoms with Gasteiger partial charge in [0.15, 0.2) is 0 Å². The summed E-state index contributed by atoms with van der Waals surface area (Å²) in [5.41, 5.74) is 1.13. The Morgan fingerprint density at radius 3 is 2.57 bits per heavy atom. The molecule has 1 aromatic carbocycles. The number of nitrogens with zero attached hydrogens (tertiary/aromatic N) is 2. The molecule has 1 aromatic rings. The number of aryl methyl sites for hydroxylation is 1. The number of benzene rings is 1. The average Bonchev–Trinajstić information content (AvgIpc) is 2.51. The van der Waals surface area contributed by atoms with Gasteiger partial charge in [0.2, 0.25) is 0 Å². The first-order valence-corrected chi connectivity index (χ1v) is 8.74. The van der Waals surface area contributed by atoms with Crippen LogP contribution in [0.1, 0.15) is 31.2 Å². The monoisotopic (exact) mass is 320 g/mol. The van der Waals surface area contributed by atoms with Crippen molar-refractivity contribution < 1.29 is 9.84 Å². The summed E-state index contributed by atoms with van der Waals surface area (Å²) in [7, 11) is 6.32. The van der Waals surface area contributed by atoms with Crippen LogP contribution in [0, 0.1) is 6.92 Å². The van der Waals surface area contributed by atoms with E-state index in [1.54, 1.807) is 0 Å². The topological polar surface area (TPSA) is 35.9 Å². The molecule has 0 unspecified atom stereocenters. The predicted molar refractivity (Wildman–Crippen MR) is 95.0 cm³/mol. The Hall–Kier alpha value is -1.10. The minimum absolute atomic E-state index is 0.105. The summed E-state index contributed by atoms with van der Waals surface area (Å²) in [5, 5.41) is 10.8. The van der Waals surface area contributed by atoms with E-state index < -0.39 is 6.10 Å². The molecule has 0 bridgehead atoms. The van der Waals surface area contributed by atoms with Gasteiger partial charge in [-0.2, -0.15) is 0 Å². The Balaban J connectivity index is 1.92. The first-order chi connectivity index (χ1) is 11.0. The molecule has 0 spiro atoms. The molecule has 3 atom stereocenters. The van der Waals surface area contributed by atoms with Crippen LogP contribution in [0.25, 0.3) is 0 Å². The van der Waals surface area contributed by atoms with E-state index in [1.807, 2.05) is 18.2 Å². The van der Waals surface area contributed by atoms with E-state index >= 15 is 0 Å². The lowest BCUT2D eigenvalue weighted by molar-refractivity contribution is -0.0477. The molecule has 1 fully saturated rings. The van der Waals surface area contributed by atoms with Gasteiger partial charge in [0.25, 0.3) is 0 Å². The number of hydrogen-bond acceptors (Lipinski definition) is 4. The summed E-state index contributed by atoms with van der Waals surface area (Å²) in [6, 6.07) is 8.24. The fourth-order valence-corrected chi connectivity index (χ4v) is 3.38. The Kier molecular flexibility index (Phi) is 6.88. The molecule has 0 aliphatic heterocycles. The van der Waals surface area contributed by atoms with Crippen LogP contribution in [0.2, 0.25) is 0 Å². The van der Waals surface area contributed by atoms with Crippen molar-refractivity contribution >= 4 is 0 Å². The zero-order valence-corrected chi connectivity index (χ0v) is 15.0. The highest BCUT2D eigenvalue weighted by Crippen LogP contribution is 2.28. The van der Waals surface area contributed by atoms with E-state index in [0.29, 0.717) is 0 Å². The summed E-state index contributed by atoms with van der Waals surface area (Å²) in [5.74, 6) is 0.896. The van der Waals surface area contributed by atoms with Crippen molar-refractivity contribution in [1.29, 1.82) is 0 Å². The molecule has 4 heteroatoms. The second kappa shape index (κ2) is 8.67. The second-order valence-corrected chi connectivity index (χ2v) is 7.05. The van der Waals surface area contributed by atoms with Crippen molar-refractivity contribution in [2.24, 2.45) is 0 Å². The van der Waals surface area contributed by atoms with Crippen molar-refractivity contribution in [1.82, 2.24) is 9.80 Å². The normalized spacial score (nSPS) is 25.1. The summed E-state index contributed by atoms with van der Waals surface area (Å²) in [6.45, 7) is 4.14. The number of aliphatic hydroxyl groups excluding tert-OH is 1. The van der Waals surface area contributed by atoms with Gasteiger partial charge in [0, 0.05) is 6.04 Å². The van der Waals surface area contributed by atoms with Crippen molar-refractivity contribution in [2.75, 3.05) is 34.2 Å². The van der Waals surface area contributed by atoms with Crippen LogP contribution in [0.4, 0.5) is 0 Å². The van der Waals surface area contributed by atoms with Gasteiger partial charge in [-0.15, -0.1) is 0 Å². The summed E-state index contributed by atoms with van der Waals surface area (Å²) in [6.07, 6.45) is 3.68. The summed E-state index contributed by atoms with van der Waals surface area (Å²) >= 11 is 0. The Morgan fingerprint density at radius 1 is 1.13 bits per heavy atom. The maximum absolute atomic E-state index is 10.8. The standard InChI is InChI=1S/C19H32N2O2/c1-15-9-5-6-11-17(15)23-18-12-7-10-16(19(18)22)21(4)14-8-13-20(2)3/h5-6,9,11,16,18-19,22H,7-8,10,12-14H2,1-4H3/t16-,18+,19+/m0/s1. The van der Waals surface area contributed by atoms with E-state index in [1.165, 1.54) is 0 Å². The molecule has 0 amide bonds. The molecule has 0 saturated heterocycles. The zero-order chi connectivity index (χ0) is 16.8. The molecule has 4 nitrogen and oxygen atoms in total. The van der Waals surface area contributed by atoms with E-state index in [-0.39, 0.29) is 12.1 Å². The smallest absolute Gasteiger partial charge is 0.126 e. The van der Waals surface area contributed by atoms with Crippen LogP contribution < -0.4 is 4.74 Å². The Morgan fingerprint density at radius 2 is 1.87 bits per heavy atom. The highest BCUT2D eigenvalue weighted by molar-refractivity contribution is 5.32. The quantitative estimate of drug-likeness (QED) is 0.837. The Bertz CT molecular complexity index is 478. The molecule has 1 aliphatic rings. The molecule has 1 saturated carbocycles. The minimum atomic E-state index is -0.423. The number of hydrogen-bond donors (Lipinski definition) is 1. The van der Waals surface area contributed by atoms with Crippen LogP contribution >= 0.6 is 0 Å². The van der Waals surface area contributed by atoms with Gasteiger partial charge in [0.05, 0.1) is 0 Å². The van der Waals surface area contributed by atoms with Gasteiger partial charge in [0.1, 0.15) is 18.0 Å². The number of rotatable bonds is 7. The highest BCUT2D eigenvalue weighted by atomic mass is 16.5. The van der Waals surface area contributed by atoms with Crippen LogP contribution in [-0.2, 0) is 0 Å². The number of ether oxygens (including phenoxy) is 1. The third-order valence-corrected chi connectivity index (χ3v) is 4.82. The highest BCUT2D eigenvalue weighted by Gasteiger charge is 2.35. The van der Waals surface area contributed by atoms with Crippen molar-refractivity contribution in [3.63, 3.8) is 0 Å². The molecule has 0 heterocycles. The van der Waals surface area contributed by atoms with Crippen LogP contribution in [0.15, 0.2) is 24.3 Å². The fraction of sp³-hybridized carbons (Fsp3) is 0.684. The third-order valence-electron chi connectivity index (χ3n) is 4.82. The van der Waals surface area contributed by atoms with E-state index in [4.69, 9.17) is 4.74 Å². The van der Waals surface area contributed by atoms with Gasteiger partial charge in [-0.05, 0) is 78.5 Å². The van der Waals surface area contributed by atoms with E-state index in [2.05, 4.69) is 43.9 Å². The SMILES string of the molecule is Cc1ccccc1O[C@@H]1CCC[C@H](N(C)CCCN(C)C)[C@H]1O. The minimum Gasteiger partial charge on any atom is -0.487 e. The second-order valence-electron chi connectivity index (χ2n) is 7.05. The molecular weight excluding hydrogens is 288 g/mol. The summed E-state index contributed by atoms with van der Waals surface area (Å²) < 4.78 is 6.14. The number of para-hydroxylation sites is 1. The zero-order valence-electron chi connectivity index (χ0n) is 15.0. The molecule has 2 rings (SSSR count). The third kappa shape index (κ3) is 5.20.